The van der Waals surface area contributed by atoms with Gasteiger partial charge in [-0.25, -0.2) is 4.79 Å². The molecule has 1 atom stereocenters. The SMILES string of the molecule is CC(=O)N1c2ccc(-c3cnn(CCC#N)c3)cc2N(C(=O)O)CC1C. The zero-order valence-electron chi connectivity index (χ0n) is 14.6. The fourth-order valence-electron chi connectivity index (χ4n) is 3.27. The molecule has 26 heavy (non-hydrogen) atoms. The normalized spacial score (nSPS) is 16.1. The lowest BCUT2D eigenvalue weighted by atomic mass is 10.0. The highest BCUT2D eigenvalue weighted by Crippen LogP contribution is 2.38. The second-order valence-electron chi connectivity index (χ2n) is 6.23. The smallest absolute Gasteiger partial charge is 0.411 e. The summed E-state index contributed by atoms with van der Waals surface area (Å²) in [5, 5.41) is 22.5. The van der Waals surface area contributed by atoms with Crippen LogP contribution in [-0.2, 0) is 11.3 Å². The van der Waals surface area contributed by atoms with Crippen molar-refractivity contribution in [3.05, 3.63) is 30.6 Å². The Kier molecular flexibility index (Phi) is 4.63. The minimum absolute atomic E-state index is 0.124. The second-order valence-corrected chi connectivity index (χ2v) is 6.23. The fourth-order valence-corrected chi connectivity index (χ4v) is 3.27. The van der Waals surface area contributed by atoms with Crippen LogP contribution in [-0.4, -0.2) is 39.5 Å². The van der Waals surface area contributed by atoms with E-state index >= 15 is 0 Å². The summed E-state index contributed by atoms with van der Waals surface area (Å²) < 4.78 is 1.68. The fraction of sp³-hybridized carbons (Fsp3) is 0.333. The lowest BCUT2D eigenvalue weighted by molar-refractivity contribution is -0.117. The zero-order valence-corrected chi connectivity index (χ0v) is 14.6. The molecular formula is C18H19N5O3. The van der Waals surface area contributed by atoms with Gasteiger partial charge < -0.3 is 10.0 Å². The number of hydrogen-bond acceptors (Lipinski definition) is 4. The third-order valence-electron chi connectivity index (χ3n) is 4.40. The Morgan fingerprint density at radius 1 is 1.35 bits per heavy atom. The lowest BCUT2D eigenvalue weighted by Crippen LogP contribution is -2.51. The number of nitrogens with zero attached hydrogens (tertiary/aromatic N) is 5. The van der Waals surface area contributed by atoms with Gasteiger partial charge in [-0.15, -0.1) is 0 Å². The van der Waals surface area contributed by atoms with Gasteiger partial charge in [0.15, 0.2) is 0 Å². The molecule has 8 nitrogen and oxygen atoms in total. The summed E-state index contributed by atoms with van der Waals surface area (Å²) in [6, 6.07) is 7.21. The van der Waals surface area contributed by atoms with E-state index in [0.29, 0.717) is 24.3 Å². The Bertz CT molecular complexity index is 898. The van der Waals surface area contributed by atoms with Crippen LogP contribution in [0.2, 0.25) is 0 Å². The number of rotatable bonds is 3. The Morgan fingerprint density at radius 3 is 2.77 bits per heavy atom. The van der Waals surface area contributed by atoms with E-state index in [9.17, 15) is 14.7 Å². The summed E-state index contributed by atoms with van der Waals surface area (Å²) in [6.07, 6.45) is 2.81. The minimum atomic E-state index is -1.05. The van der Waals surface area contributed by atoms with Crippen LogP contribution in [0.1, 0.15) is 20.3 Å². The topological polar surface area (TPSA) is 102 Å². The average molecular weight is 353 g/mol. The van der Waals surface area contributed by atoms with Crippen LogP contribution in [0.25, 0.3) is 11.1 Å². The number of carbonyl (C=O) groups is 2. The molecule has 2 heterocycles. The van der Waals surface area contributed by atoms with Crippen molar-refractivity contribution >= 4 is 23.4 Å². The van der Waals surface area contributed by atoms with Crippen LogP contribution in [0, 0.1) is 11.3 Å². The van der Waals surface area contributed by atoms with Crippen molar-refractivity contribution in [2.75, 3.05) is 16.3 Å². The quantitative estimate of drug-likeness (QED) is 0.914. The molecule has 1 aromatic heterocycles. The molecule has 0 saturated carbocycles. The van der Waals surface area contributed by atoms with Crippen LogP contribution in [0.3, 0.4) is 0 Å². The molecule has 1 N–H and O–H groups in total. The minimum Gasteiger partial charge on any atom is -0.465 e. The van der Waals surface area contributed by atoms with Gasteiger partial charge >= 0.3 is 6.09 Å². The molecule has 0 aliphatic carbocycles. The predicted octanol–water partition coefficient (Wildman–Crippen LogP) is 2.70. The summed E-state index contributed by atoms with van der Waals surface area (Å²) in [4.78, 5) is 26.6. The number of fused-ring (bicyclic) bond motifs is 1. The molecule has 2 aromatic rings. The largest absolute Gasteiger partial charge is 0.465 e. The highest BCUT2D eigenvalue weighted by Gasteiger charge is 2.33. The van der Waals surface area contributed by atoms with Crippen LogP contribution in [0.5, 0.6) is 0 Å². The van der Waals surface area contributed by atoms with Gasteiger partial charge in [0.2, 0.25) is 5.91 Å². The summed E-state index contributed by atoms with van der Waals surface area (Å²) in [7, 11) is 0. The number of carboxylic acid groups (broad SMARTS) is 1. The number of aromatic nitrogens is 2. The van der Waals surface area contributed by atoms with Crippen molar-refractivity contribution in [3.8, 4) is 17.2 Å². The number of aryl methyl sites for hydroxylation is 1. The first-order valence-electron chi connectivity index (χ1n) is 8.26. The van der Waals surface area contributed by atoms with E-state index in [1.165, 1.54) is 11.8 Å². The Labute approximate surface area is 150 Å². The van der Waals surface area contributed by atoms with Crippen molar-refractivity contribution in [3.63, 3.8) is 0 Å². The average Bonchev–Trinajstić information content (AvgIpc) is 3.07. The van der Waals surface area contributed by atoms with E-state index in [1.807, 2.05) is 19.2 Å². The number of anilines is 2. The van der Waals surface area contributed by atoms with Crippen molar-refractivity contribution < 1.29 is 14.7 Å². The maximum atomic E-state index is 12.0. The Hall–Kier alpha value is -3.34. The van der Waals surface area contributed by atoms with Gasteiger partial charge in [-0.2, -0.15) is 10.4 Å². The molecule has 1 aromatic carbocycles. The highest BCUT2D eigenvalue weighted by molar-refractivity contribution is 6.02. The summed E-state index contributed by atoms with van der Waals surface area (Å²) >= 11 is 0. The van der Waals surface area contributed by atoms with Gasteiger partial charge in [-0.05, 0) is 24.6 Å². The van der Waals surface area contributed by atoms with Gasteiger partial charge in [-0.1, -0.05) is 6.07 Å². The molecule has 8 heteroatoms. The van der Waals surface area contributed by atoms with E-state index < -0.39 is 6.09 Å². The molecule has 3 rings (SSSR count). The molecular weight excluding hydrogens is 334 g/mol. The van der Waals surface area contributed by atoms with Gasteiger partial charge in [0, 0.05) is 25.2 Å². The van der Waals surface area contributed by atoms with Gasteiger partial charge in [-0.3, -0.25) is 14.4 Å². The van der Waals surface area contributed by atoms with E-state index in [-0.39, 0.29) is 18.5 Å². The predicted molar refractivity (Wildman–Crippen MR) is 95.9 cm³/mol. The lowest BCUT2D eigenvalue weighted by Gasteiger charge is -2.39. The van der Waals surface area contributed by atoms with Crippen LogP contribution in [0.4, 0.5) is 16.2 Å². The molecule has 0 fully saturated rings. The van der Waals surface area contributed by atoms with Gasteiger partial charge in [0.1, 0.15) is 0 Å². The summed E-state index contributed by atoms with van der Waals surface area (Å²) in [5.41, 5.74) is 2.69. The van der Waals surface area contributed by atoms with E-state index in [2.05, 4.69) is 11.2 Å². The number of nitriles is 1. The molecule has 0 saturated heterocycles. The zero-order chi connectivity index (χ0) is 18.8. The summed E-state index contributed by atoms with van der Waals surface area (Å²) in [6.45, 7) is 4.02. The number of amides is 2. The Balaban J connectivity index is 2.03. The second kappa shape index (κ2) is 6.88. The molecule has 134 valence electrons. The molecule has 1 aliphatic heterocycles. The molecule has 1 unspecified atom stereocenters. The van der Waals surface area contributed by atoms with Crippen molar-refractivity contribution in [2.45, 2.75) is 32.9 Å². The Morgan fingerprint density at radius 2 is 2.12 bits per heavy atom. The van der Waals surface area contributed by atoms with Gasteiger partial charge in [0.25, 0.3) is 0 Å². The maximum Gasteiger partial charge on any atom is 0.411 e. The van der Waals surface area contributed by atoms with E-state index in [0.717, 1.165) is 11.1 Å². The van der Waals surface area contributed by atoms with Crippen LogP contribution < -0.4 is 9.80 Å². The van der Waals surface area contributed by atoms with E-state index in [4.69, 9.17) is 5.26 Å². The first-order chi connectivity index (χ1) is 12.4. The molecule has 2 amide bonds. The van der Waals surface area contributed by atoms with Crippen molar-refractivity contribution in [2.24, 2.45) is 0 Å². The molecule has 1 aliphatic rings. The first-order valence-corrected chi connectivity index (χ1v) is 8.26. The molecule has 0 spiro atoms. The number of benzene rings is 1. The standard InChI is InChI=1S/C18H19N5O3/c1-12-10-22(18(25)26)17-8-14(4-5-16(17)23(12)13(2)24)15-9-20-21(11-15)7-3-6-19/h4-5,8-9,11-12H,3,7,10H2,1-2H3,(H,25,26). The molecule has 0 bridgehead atoms. The van der Waals surface area contributed by atoms with Crippen LogP contribution in [0.15, 0.2) is 30.6 Å². The summed E-state index contributed by atoms with van der Waals surface area (Å²) in [5.74, 6) is -0.124. The highest BCUT2D eigenvalue weighted by atomic mass is 16.4. The van der Waals surface area contributed by atoms with Gasteiger partial charge in [0.05, 0.1) is 42.6 Å². The maximum absolute atomic E-state index is 12.0. The first kappa shape index (κ1) is 17.5. The third kappa shape index (κ3) is 3.11. The van der Waals surface area contributed by atoms with Crippen molar-refractivity contribution in [1.29, 1.82) is 5.26 Å². The van der Waals surface area contributed by atoms with E-state index in [1.54, 1.807) is 27.9 Å². The monoisotopic (exact) mass is 353 g/mol. The molecule has 0 radical (unpaired) electrons. The number of hydrogen-bond donors (Lipinski definition) is 1. The third-order valence-corrected chi connectivity index (χ3v) is 4.40. The number of carbonyl (C=O) groups excluding carboxylic acids is 1. The van der Waals surface area contributed by atoms with Crippen molar-refractivity contribution in [1.82, 2.24) is 9.78 Å². The van der Waals surface area contributed by atoms with Crippen LogP contribution >= 0.6 is 0 Å².